The molecule has 7 heteroatoms. The summed E-state index contributed by atoms with van der Waals surface area (Å²) >= 11 is 0. The molecule has 33 heavy (non-hydrogen) atoms. The number of ketones is 1. The highest BCUT2D eigenvalue weighted by atomic mass is 16.5. The Morgan fingerprint density at radius 2 is 1.67 bits per heavy atom. The highest BCUT2D eigenvalue weighted by Crippen LogP contribution is 2.47. The van der Waals surface area contributed by atoms with Gasteiger partial charge in [-0.2, -0.15) is 0 Å². The summed E-state index contributed by atoms with van der Waals surface area (Å²) in [5.41, 5.74) is 9.76. The topological polar surface area (TPSA) is 110 Å². The number of fused-ring (bicyclic) bond motifs is 1. The van der Waals surface area contributed by atoms with Gasteiger partial charge in [0, 0.05) is 23.8 Å². The maximum Gasteiger partial charge on any atom is 0.341 e. The first kappa shape index (κ1) is 22.1. The number of nitrogens with two attached hydrogens (primary N) is 1. The molecule has 1 heterocycles. The third kappa shape index (κ3) is 4.43. The average Bonchev–Trinajstić information content (AvgIpc) is 3.09. The Morgan fingerprint density at radius 1 is 0.970 bits per heavy atom. The van der Waals surface area contributed by atoms with Crippen molar-refractivity contribution in [1.82, 2.24) is 0 Å². The Bertz CT molecular complexity index is 1210. The predicted octanol–water partition coefficient (Wildman–Crippen LogP) is 3.36. The van der Waals surface area contributed by atoms with Crippen LogP contribution in [0.25, 0.3) is 11.1 Å². The van der Waals surface area contributed by atoms with Crippen LogP contribution in [0.4, 0.5) is 5.69 Å². The molecule has 2 atom stereocenters. The van der Waals surface area contributed by atoms with Crippen molar-refractivity contribution in [3.8, 4) is 16.9 Å². The smallest absolute Gasteiger partial charge is 0.341 e. The molecule has 0 bridgehead atoms. The second-order valence-electron chi connectivity index (χ2n) is 8.01. The Hall–Kier alpha value is -4.13. The van der Waals surface area contributed by atoms with Crippen LogP contribution in [-0.2, 0) is 20.9 Å². The van der Waals surface area contributed by atoms with Gasteiger partial charge in [0.15, 0.2) is 6.61 Å². The molecule has 2 unspecified atom stereocenters. The second-order valence-corrected chi connectivity index (χ2v) is 8.01. The zero-order valence-corrected chi connectivity index (χ0v) is 18.1. The SMILES string of the molecule is CC1C(C(=O)C(N)=O)c2c(OCC(=O)O)cccc2N1Cc1cccc(-c2ccccc2)c1. The van der Waals surface area contributed by atoms with Crippen molar-refractivity contribution in [2.24, 2.45) is 5.73 Å². The predicted molar refractivity (Wildman–Crippen MR) is 124 cm³/mol. The van der Waals surface area contributed by atoms with Gasteiger partial charge in [0.2, 0.25) is 5.78 Å². The van der Waals surface area contributed by atoms with Crippen molar-refractivity contribution in [2.75, 3.05) is 11.5 Å². The molecule has 4 rings (SSSR count). The van der Waals surface area contributed by atoms with E-state index in [4.69, 9.17) is 15.6 Å². The summed E-state index contributed by atoms with van der Waals surface area (Å²) in [5.74, 6) is -3.47. The minimum absolute atomic E-state index is 0.266. The number of carboxylic acid groups (broad SMARTS) is 1. The minimum atomic E-state index is -1.13. The highest BCUT2D eigenvalue weighted by molar-refractivity contribution is 6.38. The number of Topliss-reactive ketones (excluding diaryl/α,β-unsaturated/α-hetero) is 1. The summed E-state index contributed by atoms with van der Waals surface area (Å²) in [6, 6.07) is 23.0. The molecule has 0 radical (unpaired) electrons. The molecule has 0 saturated heterocycles. The Kier molecular flexibility index (Phi) is 6.13. The summed E-state index contributed by atoms with van der Waals surface area (Å²) in [7, 11) is 0. The first-order chi connectivity index (χ1) is 15.9. The van der Waals surface area contributed by atoms with Gasteiger partial charge in [0.05, 0.1) is 5.92 Å². The fourth-order valence-corrected chi connectivity index (χ4v) is 4.41. The van der Waals surface area contributed by atoms with Crippen molar-refractivity contribution in [2.45, 2.75) is 25.4 Å². The van der Waals surface area contributed by atoms with E-state index in [9.17, 15) is 14.4 Å². The lowest BCUT2D eigenvalue weighted by molar-refractivity contribution is -0.139. The maximum absolute atomic E-state index is 12.8. The third-order valence-corrected chi connectivity index (χ3v) is 5.90. The number of amides is 1. The largest absolute Gasteiger partial charge is 0.482 e. The van der Waals surface area contributed by atoms with E-state index in [1.807, 2.05) is 66.4 Å². The number of nitrogens with zero attached hydrogens (tertiary/aromatic N) is 1. The average molecular weight is 444 g/mol. The Balaban J connectivity index is 1.72. The lowest BCUT2D eigenvalue weighted by Crippen LogP contribution is -2.38. The van der Waals surface area contributed by atoms with E-state index < -0.39 is 30.2 Å². The number of benzene rings is 3. The van der Waals surface area contributed by atoms with Gasteiger partial charge < -0.3 is 20.5 Å². The van der Waals surface area contributed by atoms with Gasteiger partial charge in [0.25, 0.3) is 5.91 Å². The number of carbonyl (C=O) groups excluding carboxylic acids is 2. The molecule has 0 aliphatic carbocycles. The van der Waals surface area contributed by atoms with E-state index >= 15 is 0 Å². The summed E-state index contributed by atoms with van der Waals surface area (Å²) in [4.78, 5) is 37.6. The standard InChI is InChI=1S/C26H24N2O5/c1-16-23(25(31)26(27)32)24-20(11-6-12-21(24)33-15-22(29)30)28(16)14-17-7-5-10-19(13-17)18-8-3-2-4-9-18/h2-13,16,23H,14-15H2,1H3,(H2,27,32)(H,29,30). The third-order valence-electron chi connectivity index (χ3n) is 5.90. The van der Waals surface area contributed by atoms with Crippen LogP contribution in [0, 0.1) is 0 Å². The number of anilines is 1. The van der Waals surface area contributed by atoms with Gasteiger partial charge in [-0.3, -0.25) is 9.59 Å². The molecule has 7 nitrogen and oxygen atoms in total. The molecule has 0 aromatic heterocycles. The van der Waals surface area contributed by atoms with E-state index in [1.165, 1.54) is 0 Å². The fourth-order valence-electron chi connectivity index (χ4n) is 4.41. The van der Waals surface area contributed by atoms with Gasteiger partial charge in [-0.15, -0.1) is 0 Å². The second kappa shape index (κ2) is 9.16. The van der Waals surface area contributed by atoms with E-state index in [2.05, 4.69) is 6.07 Å². The number of ether oxygens (including phenoxy) is 1. The summed E-state index contributed by atoms with van der Waals surface area (Å²) in [6.45, 7) is 1.79. The molecule has 1 amide bonds. The molecule has 1 aliphatic rings. The summed E-state index contributed by atoms with van der Waals surface area (Å²) < 4.78 is 5.46. The van der Waals surface area contributed by atoms with E-state index in [1.54, 1.807) is 12.1 Å². The van der Waals surface area contributed by atoms with Crippen LogP contribution in [0.5, 0.6) is 5.75 Å². The first-order valence-electron chi connectivity index (χ1n) is 10.6. The normalized spacial score (nSPS) is 16.8. The van der Waals surface area contributed by atoms with Crippen LogP contribution in [0.3, 0.4) is 0 Å². The fraction of sp³-hybridized carbons (Fsp3) is 0.192. The number of rotatable bonds is 8. The zero-order valence-electron chi connectivity index (χ0n) is 18.1. The molecule has 0 spiro atoms. The molecule has 0 saturated carbocycles. The lowest BCUT2D eigenvalue weighted by Gasteiger charge is -2.27. The number of aliphatic carboxylic acids is 1. The maximum atomic E-state index is 12.8. The van der Waals surface area contributed by atoms with Gasteiger partial charge in [-0.05, 0) is 41.8 Å². The molecular formula is C26H24N2O5. The quantitative estimate of drug-likeness (QED) is 0.516. The van der Waals surface area contributed by atoms with Gasteiger partial charge in [0.1, 0.15) is 5.75 Å². The van der Waals surface area contributed by atoms with Crippen molar-refractivity contribution >= 4 is 23.3 Å². The number of hydrogen-bond donors (Lipinski definition) is 2. The number of primary amides is 1. The van der Waals surface area contributed by atoms with Crippen LogP contribution in [0.1, 0.15) is 24.0 Å². The molecule has 3 N–H and O–H groups in total. The van der Waals surface area contributed by atoms with Gasteiger partial charge >= 0.3 is 5.97 Å². The number of carbonyl (C=O) groups is 3. The van der Waals surface area contributed by atoms with Crippen molar-refractivity contribution in [3.63, 3.8) is 0 Å². The molecule has 168 valence electrons. The van der Waals surface area contributed by atoms with Crippen LogP contribution >= 0.6 is 0 Å². The van der Waals surface area contributed by atoms with Crippen molar-refractivity contribution < 1.29 is 24.2 Å². The van der Waals surface area contributed by atoms with Crippen LogP contribution < -0.4 is 15.4 Å². The van der Waals surface area contributed by atoms with E-state index in [0.717, 1.165) is 22.4 Å². The van der Waals surface area contributed by atoms with Gasteiger partial charge in [-0.1, -0.05) is 54.6 Å². The summed E-state index contributed by atoms with van der Waals surface area (Å²) in [6.07, 6.45) is 0. The molecule has 3 aromatic rings. The van der Waals surface area contributed by atoms with E-state index in [-0.39, 0.29) is 11.8 Å². The first-order valence-corrected chi connectivity index (χ1v) is 10.6. The molecule has 3 aromatic carbocycles. The lowest BCUT2D eigenvalue weighted by atomic mass is 9.90. The molecule has 0 fully saturated rings. The Labute approximate surface area is 191 Å². The van der Waals surface area contributed by atoms with Crippen molar-refractivity contribution in [3.05, 3.63) is 83.9 Å². The number of carboxylic acids is 1. The van der Waals surface area contributed by atoms with Gasteiger partial charge in [-0.25, -0.2) is 4.79 Å². The zero-order chi connectivity index (χ0) is 23.5. The van der Waals surface area contributed by atoms with Crippen LogP contribution in [0.2, 0.25) is 0 Å². The monoisotopic (exact) mass is 444 g/mol. The van der Waals surface area contributed by atoms with Crippen LogP contribution in [0.15, 0.2) is 72.8 Å². The minimum Gasteiger partial charge on any atom is -0.482 e. The molecule has 1 aliphatic heterocycles. The summed E-state index contributed by atoms with van der Waals surface area (Å²) in [5, 5.41) is 9.03. The van der Waals surface area contributed by atoms with Crippen molar-refractivity contribution in [1.29, 1.82) is 0 Å². The van der Waals surface area contributed by atoms with Crippen LogP contribution in [-0.4, -0.2) is 35.4 Å². The molecular weight excluding hydrogens is 420 g/mol. The Morgan fingerprint density at radius 3 is 2.36 bits per heavy atom. The number of hydrogen-bond acceptors (Lipinski definition) is 5. The highest BCUT2D eigenvalue weighted by Gasteiger charge is 2.43. The van der Waals surface area contributed by atoms with E-state index in [0.29, 0.717) is 12.1 Å².